The summed E-state index contributed by atoms with van der Waals surface area (Å²) in [6.45, 7) is 6.41. The van der Waals surface area contributed by atoms with E-state index in [-0.39, 0.29) is 0 Å². The van der Waals surface area contributed by atoms with Crippen LogP contribution >= 0.6 is 11.6 Å². The van der Waals surface area contributed by atoms with Crippen LogP contribution in [0.5, 0.6) is 5.75 Å². The highest BCUT2D eigenvalue weighted by Crippen LogP contribution is 2.30. The number of rotatable bonds is 6. The van der Waals surface area contributed by atoms with Crippen molar-refractivity contribution >= 4 is 28.6 Å². The summed E-state index contributed by atoms with van der Waals surface area (Å²) in [5.74, 6) is 1.44. The van der Waals surface area contributed by atoms with Gasteiger partial charge in [0.25, 0.3) is 0 Å². The number of nitrogens with one attached hydrogen (secondary N) is 1. The maximum atomic E-state index is 6.20. The van der Waals surface area contributed by atoms with E-state index in [1.54, 1.807) is 6.20 Å². The first-order valence-corrected chi connectivity index (χ1v) is 7.77. The second kappa shape index (κ2) is 6.75. The fourth-order valence-electron chi connectivity index (χ4n) is 2.23. The number of anilines is 2. The van der Waals surface area contributed by atoms with Gasteiger partial charge >= 0.3 is 0 Å². The molecule has 0 bridgehead atoms. The maximum Gasteiger partial charge on any atom is 0.154 e. The van der Waals surface area contributed by atoms with Crippen molar-refractivity contribution in [2.45, 2.75) is 13.3 Å². The minimum absolute atomic E-state index is 0.561. The standard InChI is InChI=1S/C18H18ClN3O/c1-13(2)7-11-23-17-12-14(5-6-15(17)19)21-18-16-4-3-9-22(16)10-8-20-18/h3-6,8-10,12H,1,7,11H2,2H3,(H,20,21). The van der Waals surface area contributed by atoms with E-state index in [9.17, 15) is 0 Å². The Morgan fingerprint density at radius 3 is 3.04 bits per heavy atom. The molecule has 2 aromatic heterocycles. The predicted octanol–water partition coefficient (Wildman–Crippen LogP) is 5.08. The first kappa shape index (κ1) is 15.4. The third-order valence-electron chi connectivity index (χ3n) is 3.43. The number of hydrogen-bond donors (Lipinski definition) is 1. The van der Waals surface area contributed by atoms with Crippen LogP contribution in [0.15, 0.2) is 61.1 Å². The monoisotopic (exact) mass is 327 g/mol. The summed E-state index contributed by atoms with van der Waals surface area (Å²) in [4.78, 5) is 4.39. The van der Waals surface area contributed by atoms with Crippen molar-refractivity contribution in [2.24, 2.45) is 0 Å². The van der Waals surface area contributed by atoms with Gasteiger partial charge in [0.05, 0.1) is 17.1 Å². The molecule has 0 fully saturated rings. The highest BCUT2D eigenvalue weighted by molar-refractivity contribution is 6.32. The van der Waals surface area contributed by atoms with Gasteiger partial charge in [-0.15, -0.1) is 6.58 Å². The van der Waals surface area contributed by atoms with Crippen LogP contribution in [0.4, 0.5) is 11.5 Å². The van der Waals surface area contributed by atoms with Gasteiger partial charge in [-0.1, -0.05) is 17.2 Å². The zero-order valence-corrected chi connectivity index (χ0v) is 13.7. The van der Waals surface area contributed by atoms with E-state index in [0.717, 1.165) is 29.0 Å². The molecule has 3 aromatic rings. The molecule has 1 aromatic carbocycles. The smallest absolute Gasteiger partial charge is 0.154 e. The van der Waals surface area contributed by atoms with E-state index in [2.05, 4.69) is 16.9 Å². The normalized spacial score (nSPS) is 10.7. The van der Waals surface area contributed by atoms with Gasteiger partial charge in [0.15, 0.2) is 5.82 Å². The Morgan fingerprint density at radius 1 is 1.35 bits per heavy atom. The summed E-state index contributed by atoms with van der Waals surface area (Å²) in [5, 5.41) is 3.90. The van der Waals surface area contributed by atoms with Crippen molar-refractivity contribution in [2.75, 3.05) is 11.9 Å². The number of hydrogen-bond acceptors (Lipinski definition) is 3. The second-order valence-electron chi connectivity index (χ2n) is 5.40. The lowest BCUT2D eigenvalue weighted by Gasteiger charge is -2.12. The molecule has 0 saturated carbocycles. The maximum absolute atomic E-state index is 6.20. The Hall–Kier alpha value is -2.46. The molecule has 3 rings (SSSR count). The molecule has 0 aliphatic heterocycles. The Labute approximate surface area is 140 Å². The number of benzene rings is 1. The average Bonchev–Trinajstić information content (AvgIpc) is 2.99. The van der Waals surface area contributed by atoms with Gasteiger partial charge in [-0.25, -0.2) is 4.98 Å². The zero-order chi connectivity index (χ0) is 16.2. The molecule has 1 N–H and O–H groups in total. The Morgan fingerprint density at radius 2 is 2.22 bits per heavy atom. The molecular weight excluding hydrogens is 310 g/mol. The molecule has 0 spiro atoms. The van der Waals surface area contributed by atoms with E-state index in [0.29, 0.717) is 17.4 Å². The van der Waals surface area contributed by atoms with E-state index >= 15 is 0 Å². The van der Waals surface area contributed by atoms with E-state index in [1.165, 1.54) is 0 Å². The van der Waals surface area contributed by atoms with E-state index in [4.69, 9.17) is 16.3 Å². The lowest BCUT2D eigenvalue weighted by Crippen LogP contribution is -2.00. The molecule has 0 radical (unpaired) electrons. The average molecular weight is 328 g/mol. The lowest BCUT2D eigenvalue weighted by atomic mass is 10.2. The molecule has 0 unspecified atom stereocenters. The first-order valence-electron chi connectivity index (χ1n) is 7.39. The second-order valence-corrected chi connectivity index (χ2v) is 5.81. The molecule has 0 atom stereocenters. The first-order chi connectivity index (χ1) is 11.1. The van der Waals surface area contributed by atoms with Gasteiger partial charge in [-0.2, -0.15) is 0 Å². The molecule has 118 valence electrons. The van der Waals surface area contributed by atoms with Crippen LogP contribution in [0.3, 0.4) is 0 Å². The largest absolute Gasteiger partial charge is 0.492 e. The molecule has 23 heavy (non-hydrogen) atoms. The number of ether oxygens (including phenoxy) is 1. The van der Waals surface area contributed by atoms with Crippen molar-refractivity contribution in [3.05, 3.63) is 66.1 Å². The summed E-state index contributed by atoms with van der Waals surface area (Å²) in [7, 11) is 0. The van der Waals surface area contributed by atoms with Crippen molar-refractivity contribution in [3.8, 4) is 5.75 Å². The van der Waals surface area contributed by atoms with Crippen LogP contribution in [-0.2, 0) is 0 Å². The third kappa shape index (κ3) is 3.66. The molecule has 4 nitrogen and oxygen atoms in total. The van der Waals surface area contributed by atoms with Gasteiger partial charge < -0.3 is 14.5 Å². The van der Waals surface area contributed by atoms with Crippen LogP contribution < -0.4 is 10.1 Å². The highest BCUT2D eigenvalue weighted by atomic mass is 35.5. The van der Waals surface area contributed by atoms with Crippen molar-refractivity contribution in [3.63, 3.8) is 0 Å². The van der Waals surface area contributed by atoms with Gasteiger partial charge in [0, 0.05) is 36.8 Å². The molecule has 5 heteroatoms. The van der Waals surface area contributed by atoms with Crippen LogP contribution in [0.2, 0.25) is 5.02 Å². The minimum atomic E-state index is 0.561. The van der Waals surface area contributed by atoms with Crippen LogP contribution in [0.1, 0.15) is 13.3 Å². The summed E-state index contributed by atoms with van der Waals surface area (Å²) < 4.78 is 7.75. The van der Waals surface area contributed by atoms with Crippen LogP contribution in [0.25, 0.3) is 5.52 Å². The van der Waals surface area contributed by atoms with Gasteiger partial charge in [-0.05, 0) is 31.2 Å². The Balaban J connectivity index is 1.80. The molecular formula is C18H18ClN3O. The minimum Gasteiger partial charge on any atom is -0.492 e. The molecule has 2 heterocycles. The number of nitrogens with zero attached hydrogens (tertiary/aromatic N) is 2. The van der Waals surface area contributed by atoms with E-state index < -0.39 is 0 Å². The topological polar surface area (TPSA) is 38.6 Å². The fourth-order valence-corrected chi connectivity index (χ4v) is 2.40. The van der Waals surface area contributed by atoms with Gasteiger partial charge in [0.1, 0.15) is 5.75 Å². The summed E-state index contributed by atoms with van der Waals surface area (Å²) in [6, 6.07) is 9.60. The lowest BCUT2D eigenvalue weighted by molar-refractivity contribution is 0.322. The number of fused-ring (bicyclic) bond motifs is 1. The molecule has 0 amide bonds. The van der Waals surface area contributed by atoms with Crippen molar-refractivity contribution in [1.29, 1.82) is 0 Å². The van der Waals surface area contributed by atoms with E-state index in [1.807, 2.05) is 54.0 Å². The highest BCUT2D eigenvalue weighted by Gasteiger charge is 2.07. The van der Waals surface area contributed by atoms with Gasteiger partial charge in [0.2, 0.25) is 0 Å². The summed E-state index contributed by atoms with van der Waals surface area (Å²) >= 11 is 6.20. The SMILES string of the molecule is C=C(C)CCOc1cc(Nc2nccn3cccc23)ccc1Cl. The molecule has 0 saturated heterocycles. The van der Waals surface area contributed by atoms with Crippen molar-refractivity contribution in [1.82, 2.24) is 9.38 Å². The van der Waals surface area contributed by atoms with Crippen molar-refractivity contribution < 1.29 is 4.74 Å². The van der Waals surface area contributed by atoms with Crippen LogP contribution in [0, 0.1) is 0 Å². The predicted molar refractivity (Wildman–Crippen MR) is 94.9 cm³/mol. The molecule has 0 aliphatic rings. The quantitative estimate of drug-likeness (QED) is 0.642. The van der Waals surface area contributed by atoms with Crippen LogP contribution in [-0.4, -0.2) is 16.0 Å². The number of aromatic nitrogens is 2. The third-order valence-corrected chi connectivity index (χ3v) is 3.75. The Bertz CT molecular complexity index is 841. The zero-order valence-electron chi connectivity index (χ0n) is 12.9. The molecule has 0 aliphatic carbocycles. The number of halogens is 1. The fraction of sp³-hybridized carbons (Fsp3) is 0.167. The Kier molecular flexibility index (Phi) is 4.53. The summed E-state index contributed by atoms with van der Waals surface area (Å²) in [5.41, 5.74) is 2.97. The summed E-state index contributed by atoms with van der Waals surface area (Å²) in [6.07, 6.45) is 6.46. The van der Waals surface area contributed by atoms with Gasteiger partial charge in [-0.3, -0.25) is 0 Å².